The Morgan fingerprint density at radius 3 is 2.80 bits per heavy atom. The van der Waals surface area contributed by atoms with Crippen molar-refractivity contribution in [2.45, 2.75) is 44.1 Å². The molecule has 0 saturated heterocycles. The number of hydrogen-bond donors (Lipinski definition) is 1. The van der Waals surface area contributed by atoms with Gasteiger partial charge in [0.05, 0.1) is 19.2 Å². The third-order valence-electron chi connectivity index (χ3n) is 4.46. The number of ether oxygens (including phenoxy) is 1. The number of hydrogen-bond acceptors (Lipinski definition) is 6. The second-order valence-electron chi connectivity index (χ2n) is 6.24. The summed E-state index contributed by atoms with van der Waals surface area (Å²) in [5.41, 5.74) is 0.737. The standard InChI is InChI=1S/C18H21N3O3S/c1-24-17(23)18(7-3-2-4-8-18)21-15(22)10-14-12-25-16(20-14)13-6-5-9-19-11-13/h5-6,9,11-12H,2-4,7-8,10H2,1H3,(H,21,22). The summed E-state index contributed by atoms with van der Waals surface area (Å²) < 4.78 is 4.93. The zero-order valence-electron chi connectivity index (χ0n) is 14.2. The van der Waals surface area contributed by atoms with Crippen LogP contribution in [0.4, 0.5) is 0 Å². The molecule has 1 saturated carbocycles. The molecule has 0 spiro atoms. The zero-order valence-corrected chi connectivity index (χ0v) is 15.0. The van der Waals surface area contributed by atoms with Crippen molar-refractivity contribution in [2.75, 3.05) is 7.11 Å². The molecule has 0 unspecified atom stereocenters. The molecule has 1 aliphatic carbocycles. The Bertz CT molecular complexity index is 739. The molecule has 1 N–H and O–H groups in total. The molecule has 0 bridgehead atoms. The van der Waals surface area contributed by atoms with Crippen LogP contribution in [0.3, 0.4) is 0 Å². The van der Waals surface area contributed by atoms with Crippen molar-refractivity contribution < 1.29 is 14.3 Å². The van der Waals surface area contributed by atoms with E-state index in [1.54, 1.807) is 12.4 Å². The highest BCUT2D eigenvalue weighted by molar-refractivity contribution is 7.13. The summed E-state index contributed by atoms with van der Waals surface area (Å²) in [6.45, 7) is 0. The predicted octanol–water partition coefficient (Wildman–Crippen LogP) is 2.74. The van der Waals surface area contributed by atoms with Gasteiger partial charge in [0.15, 0.2) is 0 Å². The first kappa shape index (κ1) is 17.5. The maximum Gasteiger partial charge on any atom is 0.331 e. The van der Waals surface area contributed by atoms with E-state index in [-0.39, 0.29) is 18.3 Å². The summed E-state index contributed by atoms with van der Waals surface area (Å²) in [6, 6.07) is 3.79. The van der Waals surface area contributed by atoms with E-state index in [1.807, 2.05) is 17.5 Å². The van der Waals surface area contributed by atoms with Crippen LogP contribution in [0.5, 0.6) is 0 Å². The van der Waals surface area contributed by atoms with E-state index in [9.17, 15) is 9.59 Å². The molecule has 2 aromatic rings. The molecule has 25 heavy (non-hydrogen) atoms. The van der Waals surface area contributed by atoms with Crippen molar-refractivity contribution >= 4 is 23.2 Å². The molecule has 0 atom stereocenters. The summed E-state index contributed by atoms with van der Waals surface area (Å²) in [5, 5.41) is 5.62. The Hall–Kier alpha value is -2.28. The van der Waals surface area contributed by atoms with Gasteiger partial charge in [-0.25, -0.2) is 9.78 Å². The van der Waals surface area contributed by atoms with Gasteiger partial charge in [0.25, 0.3) is 0 Å². The highest BCUT2D eigenvalue weighted by Crippen LogP contribution is 2.29. The molecule has 0 aliphatic heterocycles. The largest absolute Gasteiger partial charge is 0.467 e. The minimum atomic E-state index is -0.883. The van der Waals surface area contributed by atoms with Crippen molar-refractivity contribution in [2.24, 2.45) is 0 Å². The van der Waals surface area contributed by atoms with Crippen LogP contribution in [-0.4, -0.2) is 34.5 Å². The molecule has 2 aromatic heterocycles. The fourth-order valence-electron chi connectivity index (χ4n) is 3.22. The lowest BCUT2D eigenvalue weighted by Gasteiger charge is -2.35. The van der Waals surface area contributed by atoms with Crippen LogP contribution < -0.4 is 5.32 Å². The summed E-state index contributed by atoms with van der Waals surface area (Å²) >= 11 is 1.48. The summed E-state index contributed by atoms with van der Waals surface area (Å²) in [6.07, 6.45) is 7.77. The van der Waals surface area contributed by atoms with Crippen LogP contribution in [0.25, 0.3) is 10.6 Å². The van der Waals surface area contributed by atoms with E-state index in [4.69, 9.17) is 4.74 Å². The first-order valence-electron chi connectivity index (χ1n) is 8.37. The first-order chi connectivity index (χ1) is 12.1. The maximum absolute atomic E-state index is 12.5. The molecule has 7 heteroatoms. The van der Waals surface area contributed by atoms with E-state index in [0.717, 1.165) is 29.8 Å². The van der Waals surface area contributed by atoms with E-state index >= 15 is 0 Å². The normalized spacial score (nSPS) is 16.2. The van der Waals surface area contributed by atoms with Crippen molar-refractivity contribution in [1.82, 2.24) is 15.3 Å². The van der Waals surface area contributed by atoms with E-state index in [0.29, 0.717) is 18.5 Å². The molecule has 132 valence electrons. The molecule has 2 heterocycles. The zero-order chi connectivity index (χ0) is 17.7. The Labute approximate surface area is 150 Å². The average molecular weight is 359 g/mol. The predicted molar refractivity (Wildman–Crippen MR) is 95.0 cm³/mol. The summed E-state index contributed by atoms with van der Waals surface area (Å²) in [5.74, 6) is -0.551. The lowest BCUT2D eigenvalue weighted by atomic mass is 9.81. The van der Waals surface area contributed by atoms with Gasteiger partial charge >= 0.3 is 5.97 Å². The molecule has 0 radical (unpaired) electrons. The summed E-state index contributed by atoms with van der Waals surface area (Å²) in [7, 11) is 1.37. The van der Waals surface area contributed by atoms with E-state index in [1.165, 1.54) is 18.4 Å². The fraction of sp³-hybridized carbons (Fsp3) is 0.444. The number of carbonyl (C=O) groups excluding carboxylic acids is 2. The minimum absolute atomic E-state index is 0.148. The number of nitrogens with zero attached hydrogens (tertiary/aromatic N) is 2. The third kappa shape index (κ3) is 4.04. The van der Waals surface area contributed by atoms with Crippen LogP contribution in [-0.2, 0) is 20.7 Å². The van der Waals surface area contributed by atoms with Gasteiger partial charge in [-0.15, -0.1) is 11.3 Å². The van der Waals surface area contributed by atoms with Crippen LogP contribution in [0.1, 0.15) is 37.8 Å². The number of thiazole rings is 1. The first-order valence-corrected chi connectivity index (χ1v) is 9.25. The number of rotatable bonds is 5. The SMILES string of the molecule is COC(=O)C1(NC(=O)Cc2csc(-c3cccnc3)n2)CCCCC1. The van der Waals surface area contributed by atoms with Crippen molar-refractivity contribution in [3.8, 4) is 10.6 Å². The molecule has 1 aliphatic rings. The second-order valence-corrected chi connectivity index (χ2v) is 7.10. The molecule has 0 aromatic carbocycles. The van der Waals surface area contributed by atoms with Gasteiger partial charge in [0, 0.05) is 23.3 Å². The van der Waals surface area contributed by atoms with Crippen LogP contribution >= 0.6 is 11.3 Å². The Balaban J connectivity index is 1.67. The van der Waals surface area contributed by atoms with Gasteiger partial charge in [-0.2, -0.15) is 0 Å². The highest BCUT2D eigenvalue weighted by atomic mass is 32.1. The number of esters is 1. The van der Waals surface area contributed by atoms with E-state index < -0.39 is 5.54 Å². The molecular weight excluding hydrogens is 338 g/mol. The van der Waals surface area contributed by atoms with Gasteiger partial charge < -0.3 is 10.1 Å². The van der Waals surface area contributed by atoms with Gasteiger partial charge in [-0.3, -0.25) is 9.78 Å². The van der Waals surface area contributed by atoms with Crippen molar-refractivity contribution in [3.63, 3.8) is 0 Å². The highest BCUT2D eigenvalue weighted by Gasteiger charge is 2.41. The van der Waals surface area contributed by atoms with Crippen LogP contribution in [0.15, 0.2) is 29.9 Å². The quantitative estimate of drug-likeness (QED) is 0.830. The molecule has 1 amide bonds. The van der Waals surface area contributed by atoms with Gasteiger partial charge in [-0.1, -0.05) is 19.3 Å². The average Bonchev–Trinajstić information content (AvgIpc) is 3.10. The van der Waals surface area contributed by atoms with Gasteiger partial charge in [-0.05, 0) is 25.0 Å². The molecule has 3 rings (SSSR count). The fourth-order valence-corrected chi connectivity index (χ4v) is 4.03. The van der Waals surface area contributed by atoms with Crippen molar-refractivity contribution in [1.29, 1.82) is 0 Å². The van der Waals surface area contributed by atoms with Gasteiger partial charge in [0.2, 0.25) is 5.91 Å². The lowest BCUT2D eigenvalue weighted by molar-refractivity contribution is -0.152. The third-order valence-corrected chi connectivity index (χ3v) is 5.40. The van der Waals surface area contributed by atoms with Gasteiger partial charge in [0.1, 0.15) is 10.5 Å². The number of pyridine rings is 1. The lowest BCUT2D eigenvalue weighted by Crippen LogP contribution is -2.56. The topological polar surface area (TPSA) is 81.2 Å². The van der Waals surface area contributed by atoms with Crippen LogP contribution in [0.2, 0.25) is 0 Å². The molecule has 1 fully saturated rings. The summed E-state index contributed by atoms with van der Waals surface area (Å²) in [4.78, 5) is 33.3. The molecular formula is C18H21N3O3S. The van der Waals surface area contributed by atoms with Crippen LogP contribution in [0, 0.1) is 0 Å². The Kier molecular flexibility index (Phi) is 5.43. The Morgan fingerprint density at radius 2 is 2.12 bits per heavy atom. The molecule has 6 nitrogen and oxygen atoms in total. The minimum Gasteiger partial charge on any atom is -0.467 e. The number of carbonyl (C=O) groups is 2. The maximum atomic E-state index is 12.5. The number of amides is 1. The van der Waals surface area contributed by atoms with Crippen molar-refractivity contribution in [3.05, 3.63) is 35.6 Å². The smallest absolute Gasteiger partial charge is 0.331 e. The van der Waals surface area contributed by atoms with E-state index in [2.05, 4.69) is 15.3 Å². The number of nitrogens with one attached hydrogen (secondary N) is 1. The Morgan fingerprint density at radius 1 is 1.32 bits per heavy atom. The number of methoxy groups -OCH3 is 1. The second kappa shape index (κ2) is 7.74. The number of aromatic nitrogens is 2. The monoisotopic (exact) mass is 359 g/mol.